The van der Waals surface area contributed by atoms with E-state index in [4.69, 9.17) is 29.9 Å². The number of rotatable bonds is 6. The summed E-state index contributed by atoms with van der Waals surface area (Å²) in [7, 11) is 2.06. The normalized spacial score (nSPS) is 11.8. The van der Waals surface area contributed by atoms with E-state index in [0.29, 0.717) is 17.5 Å². The smallest absolute Gasteiger partial charge is 0.164 e. The van der Waals surface area contributed by atoms with Gasteiger partial charge in [0.2, 0.25) is 0 Å². The van der Waals surface area contributed by atoms with Crippen molar-refractivity contribution in [3.05, 3.63) is 158 Å². The second-order valence-corrected chi connectivity index (χ2v) is 17.6. The number of nitrogens with zero attached hydrogens (tertiary/aromatic N) is 7. The van der Waals surface area contributed by atoms with Gasteiger partial charge in [0.25, 0.3) is 0 Å². The lowest BCUT2D eigenvalue weighted by Crippen LogP contribution is -2.01. The topological polar surface area (TPSA) is 82.3 Å². The lowest BCUT2D eigenvalue weighted by molar-refractivity contribution is 0.959. The van der Waals surface area contributed by atoms with Crippen LogP contribution >= 0.6 is 34.0 Å². The maximum atomic E-state index is 5.27. The van der Waals surface area contributed by atoms with Crippen LogP contribution in [0, 0.1) is 0 Å². The van der Waals surface area contributed by atoms with Gasteiger partial charge in [0.15, 0.2) is 17.5 Å². The summed E-state index contributed by atoms with van der Waals surface area (Å²) < 4.78 is 6.85. The molecule has 0 bridgehead atoms. The Morgan fingerprint density at radius 1 is 0.356 bits per heavy atom. The van der Waals surface area contributed by atoms with E-state index in [1.807, 2.05) is 30.3 Å². The fraction of sp³-hybridized carbons (Fsp3) is 0.0204. The van der Waals surface area contributed by atoms with Gasteiger partial charge in [0.05, 0.1) is 31.5 Å². The molecule has 0 saturated carbocycles. The number of thiazole rings is 2. The van der Waals surface area contributed by atoms with Crippen LogP contribution in [0.1, 0.15) is 0 Å². The van der Waals surface area contributed by atoms with Gasteiger partial charge < -0.3 is 4.57 Å². The van der Waals surface area contributed by atoms with Gasteiger partial charge in [-0.25, -0.2) is 29.9 Å². The van der Waals surface area contributed by atoms with E-state index in [1.165, 1.54) is 20.2 Å². The molecule has 59 heavy (non-hydrogen) atoms. The summed E-state index contributed by atoms with van der Waals surface area (Å²) in [5.74, 6) is 2.66. The first-order valence-electron chi connectivity index (χ1n) is 19.2. The molecule has 0 aliphatic carbocycles. The predicted octanol–water partition coefficient (Wildman–Crippen LogP) is 13.3. The maximum Gasteiger partial charge on any atom is 0.164 e. The van der Waals surface area contributed by atoms with Crippen molar-refractivity contribution in [1.29, 1.82) is 0 Å². The average molecular weight is 812 g/mol. The molecule has 10 heteroatoms. The third-order valence-corrected chi connectivity index (χ3v) is 14.0. The Labute approximate surface area is 349 Å². The van der Waals surface area contributed by atoms with E-state index in [9.17, 15) is 0 Å². The highest BCUT2D eigenvalue weighted by atomic mass is 32.1. The van der Waals surface area contributed by atoms with Crippen LogP contribution in [0.25, 0.3) is 118 Å². The molecular formula is C49H29N7S3. The lowest BCUT2D eigenvalue weighted by atomic mass is 10.0. The van der Waals surface area contributed by atoms with Gasteiger partial charge in [-0.05, 0) is 72.8 Å². The second-order valence-electron chi connectivity index (χ2n) is 14.5. The summed E-state index contributed by atoms with van der Waals surface area (Å²) in [4.78, 5) is 30.9. The van der Waals surface area contributed by atoms with Crippen LogP contribution in [-0.4, -0.2) is 34.5 Å². The molecule has 5 aromatic heterocycles. The van der Waals surface area contributed by atoms with Crippen LogP contribution in [-0.2, 0) is 7.05 Å². The van der Waals surface area contributed by atoms with E-state index < -0.39 is 0 Å². The van der Waals surface area contributed by atoms with Crippen LogP contribution in [0.4, 0.5) is 0 Å². The molecule has 12 aromatic rings. The van der Waals surface area contributed by atoms with Gasteiger partial charge in [-0.3, -0.25) is 0 Å². The fourth-order valence-corrected chi connectivity index (χ4v) is 10.8. The number of imidazole rings is 1. The van der Waals surface area contributed by atoms with Gasteiger partial charge in [-0.1, -0.05) is 84.9 Å². The summed E-state index contributed by atoms with van der Waals surface area (Å²) in [6.07, 6.45) is 0. The molecule has 5 heterocycles. The standard InChI is InChI=1S/C49H29N7S3/c1-56-39-26-29(20-22-36(39)50-47(56)28-11-3-2-4-12-28)44-53-45(30-19-21-35-34-13-5-8-16-40(34)57-43(35)27-30)55-46(54-44)31-23-32(48-51-37-14-6-9-17-41(37)58-48)25-33(24-31)49-52-38-15-7-10-18-42(38)59-49/h2-27H,1H3. The third-order valence-electron chi connectivity index (χ3n) is 10.7. The Morgan fingerprint density at radius 2 is 0.898 bits per heavy atom. The van der Waals surface area contributed by atoms with E-state index in [1.54, 1.807) is 34.0 Å². The van der Waals surface area contributed by atoms with Crippen molar-refractivity contribution < 1.29 is 0 Å². The highest BCUT2D eigenvalue weighted by molar-refractivity contribution is 7.25. The molecule has 0 atom stereocenters. The molecule has 278 valence electrons. The first-order chi connectivity index (χ1) is 29.1. The Morgan fingerprint density at radius 3 is 1.58 bits per heavy atom. The minimum absolute atomic E-state index is 0.571. The minimum Gasteiger partial charge on any atom is -0.327 e. The molecule has 0 unspecified atom stereocenters. The third kappa shape index (κ3) is 5.91. The zero-order valence-corrected chi connectivity index (χ0v) is 33.8. The Balaban J connectivity index is 1.07. The van der Waals surface area contributed by atoms with Gasteiger partial charge >= 0.3 is 0 Å². The van der Waals surface area contributed by atoms with Crippen molar-refractivity contribution in [3.63, 3.8) is 0 Å². The lowest BCUT2D eigenvalue weighted by Gasteiger charge is -2.11. The number of hydrogen-bond acceptors (Lipinski definition) is 9. The van der Waals surface area contributed by atoms with Crippen molar-refractivity contribution in [3.8, 4) is 66.7 Å². The second kappa shape index (κ2) is 13.6. The molecule has 0 fully saturated rings. The van der Waals surface area contributed by atoms with Crippen molar-refractivity contribution in [2.45, 2.75) is 0 Å². The Kier molecular flexibility index (Phi) is 7.84. The summed E-state index contributed by atoms with van der Waals surface area (Å²) in [5.41, 5.74) is 9.54. The molecule has 0 N–H and O–H groups in total. The van der Waals surface area contributed by atoms with Crippen LogP contribution in [0.15, 0.2) is 158 Å². The van der Waals surface area contributed by atoms with Crippen molar-refractivity contribution in [2.24, 2.45) is 7.05 Å². The van der Waals surface area contributed by atoms with E-state index in [-0.39, 0.29) is 0 Å². The predicted molar refractivity (Wildman–Crippen MR) is 246 cm³/mol. The minimum atomic E-state index is 0.571. The summed E-state index contributed by atoms with van der Waals surface area (Å²) >= 11 is 5.15. The summed E-state index contributed by atoms with van der Waals surface area (Å²) in [6, 6.07) is 54.7. The van der Waals surface area contributed by atoms with Crippen molar-refractivity contribution >= 4 is 85.6 Å². The quantitative estimate of drug-likeness (QED) is 0.166. The number of aryl methyl sites for hydroxylation is 1. The Bertz CT molecular complexity index is 3440. The zero-order chi connectivity index (χ0) is 39.0. The fourth-order valence-electron chi connectivity index (χ4n) is 7.80. The van der Waals surface area contributed by atoms with Crippen LogP contribution in [0.5, 0.6) is 0 Å². The van der Waals surface area contributed by atoms with Crippen molar-refractivity contribution in [1.82, 2.24) is 34.5 Å². The molecular weight excluding hydrogens is 783 g/mol. The SMILES string of the molecule is Cn1c(-c2ccccc2)nc2ccc(-c3nc(-c4cc(-c5nc6ccccc6s5)cc(-c5nc6ccccc6s5)c4)nc(-c4ccc5c(c4)sc4ccccc45)n3)cc21. The molecule has 0 aliphatic heterocycles. The summed E-state index contributed by atoms with van der Waals surface area (Å²) in [5, 5.41) is 4.33. The number of para-hydroxylation sites is 2. The van der Waals surface area contributed by atoms with E-state index in [0.717, 1.165) is 80.7 Å². The first-order valence-corrected chi connectivity index (χ1v) is 21.6. The molecule has 7 nitrogen and oxygen atoms in total. The van der Waals surface area contributed by atoms with Gasteiger partial charge in [0, 0.05) is 60.6 Å². The number of benzene rings is 7. The van der Waals surface area contributed by atoms with E-state index >= 15 is 0 Å². The van der Waals surface area contributed by atoms with Crippen LogP contribution in [0.2, 0.25) is 0 Å². The number of fused-ring (bicyclic) bond motifs is 6. The van der Waals surface area contributed by atoms with Crippen molar-refractivity contribution in [2.75, 3.05) is 0 Å². The number of thiophene rings is 1. The largest absolute Gasteiger partial charge is 0.327 e. The number of hydrogen-bond donors (Lipinski definition) is 0. The molecule has 0 spiro atoms. The zero-order valence-electron chi connectivity index (χ0n) is 31.4. The Hall–Kier alpha value is -6.98. The molecule has 12 rings (SSSR count). The van der Waals surface area contributed by atoms with Crippen LogP contribution in [0.3, 0.4) is 0 Å². The molecule has 0 aliphatic rings. The molecule has 7 aromatic carbocycles. The monoisotopic (exact) mass is 811 g/mol. The average Bonchev–Trinajstić information content (AvgIpc) is 4.09. The van der Waals surface area contributed by atoms with Gasteiger partial charge in [0.1, 0.15) is 15.8 Å². The van der Waals surface area contributed by atoms with Crippen LogP contribution < -0.4 is 0 Å². The number of aromatic nitrogens is 7. The first kappa shape index (κ1) is 34.1. The van der Waals surface area contributed by atoms with Gasteiger partial charge in [-0.2, -0.15) is 0 Å². The highest BCUT2D eigenvalue weighted by Gasteiger charge is 2.19. The van der Waals surface area contributed by atoms with Gasteiger partial charge in [-0.15, -0.1) is 34.0 Å². The highest BCUT2D eigenvalue weighted by Crippen LogP contribution is 2.40. The summed E-state index contributed by atoms with van der Waals surface area (Å²) in [6.45, 7) is 0. The van der Waals surface area contributed by atoms with E-state index in [2.05, 4.69) is 139 Å². The molecule has 0 radical (unpaired) electrons. The molecule has 0 amide bonds. The molecule has 0 saturated heterocycles. The maximum absolute atomic E-state index is 5.27.